The third-order valence-corrected chi connectivity index (χ3v) is 3.90. The van der Waals surface area contributed by atoms with Crippen molar-refractivity contribution >= 4 is 28.5 Å². The molecule has 0 aliphatic heterocycles. The number of nitrogens with two attached hydrogens (primary N) is 1. The number of urea groups is 1. The fourth-order valence-electron chi connectivity index (χ4n) is 2.61. The quantitative estimate of drug-likeness (QED) is 0.568. The van der Waals surface area contributed by atoms with E-state index in [0.717, 1.165) is 12.3 Å². The van der Waals surface area contributed by atoms with Gasteiger partial charge in [-0.1, -0.05) is 0 Å². The summed E-state index contributed by atoms with van der Waals surface area (Å²) < 4.78 is 72.9. The van der Waals surface area contributed by atoms with Gasteiger partial charge in [-0.3, -0.25) is 0 Å². The number of amides is 2. The number of alkyl halides is 3. The van der Waals surface area contributed by atoms with Gasteiger partial charge in [0.2, 0.25) is 0 Å². The number of nitrogens with zero attached hydrogens (tertiary/aromatic N) is 1. The number of aryl methyl sites for hydroxylation is 1. The maximum atomic E-state index is 13.9. The summed E-state index contributed by atoms with van der Waals surface area (Å²) in [6.07, 6.45) is -3.81. The standard InChI is InChI=1S/C17H13F5N4O2/c1-7-10-4-8(18)5-11(19)14(10)28-13(7)15(17(20,21)22)26-16(27)25-9-2-3-12(23)24-6-9/h2-6,15H,1H3,(H2,23,24)(H2,25,26,27)/t15-/m0/s1. The Morgan fingerprint density at radius 2 is 1.96 bits per heavy atom. The van der Waals surface area contributed by atoms with Crippen molar-refractivity contribution in [1.82, 2.24) is 10.3 Å². The minimum Gasteiger partial charge on any atom is -0.455 e. The highest BCUT2D eigenvalue weighted by Crippen LogP contribution is 2.39. The number of hydrogen-bond donors (Lipinski definition) is 3. The molecule has 1 atom stereocenters. The highest BCUT2D eigenvalue weighted by atomic mass is 19.4. The lowest BCUT2D eigenvalue weighted by molar-refractivity contribution is -0.158. The predicted octanol–water partition coefficient (Wildman–Crippen LogP) is 4.42. The Labute approximate surface area is 154 Å². The first-order valence-electron chi connectivity index (χ1n) is 7.80. The molecule has 0 aliphatic rings. The van der Waals surface area contributed by atoms with Crippen LogP contribution in [0, 0.1) is 18.6 Å². The van der Waals surface area contributed by atoms with E-state index in [1.165, 1.54) is 19.1 Å². The van der Waals surface area contributed by atoms with Crippen molar-refractivity contribution in [2.24, 2.45) is 0 Å². The first-order valence-corrected chi connectivity index (χ1v) is 7.80. The van der Waals surface area contributed by atoms with Gasteiger partial charge in [-0.25, -0.2) is 18.6 Å². The lowest BCUT2D eigenvalue weighted by atomic mass is 10.1. The second-order valence-electron chi connectivity index (χ2n) is 5.90. The number of halogens is 5. The molecule has 0 aliphatic carbocycles. The average molecular weight is 400 g/mol. The summed E-state index contributed by atoms with van der Waals surface area (Å²) in [5.41, 5.74) is 4.81. The molecule has 2 heterocycles. The molecule has 1 aromatic carbocycles. The third kappa shape index (κ3) is 3.82. The molecule has 0 radical (unpaired) electrons. The zero-order valence-electron chi connectivity index (χ0n) is 14.2. The van der Waals surface area contributed by atoms with Crippen LogP contribution in [-0.4, -0.2) is 17.2 Å². The van der Waals surface area contributed by atoms with Gasteiger partial charge in [-0.05, 0) is 25.1 Å². The number of anilines is 2. The van der Waals surface area contributed by atoms with E-state index in [-0.39, 0.29) is 22.5 Å². The molecule has 2 amide bonds. The molecule has 0 saturated heterocycles. The minimum absolute atomic E-state index is 0.0991. The zero-order chi connectivity index (χ0) is 20.6. The predicted molar refractivity (Wildman–Crippen MR) is 90.5 cm³/mol. The number of nitrogens with one attached hydrogen (secondary N) is 2. The van der Waals surface area contributed by atoms with E-state index in [2.05, 4.69) is 10.3 Å². The molecule has 0 spiro atoms. The first-order chi connectivity index (χ1) is 13.1. The van der Waals surface area contributed by atoms with E-state index < -0.39 is 41.2 Å². The SMILES string of the molecule is Cc1c([C@H](NC(=O)Nc2ccc(N)nc2)C(F)(F)F)oc2c(F)cc(F)cc12. The van der Waals surface area contributed by atoms with Gasteiger partial charge < -0.3 is 20.8 Å². The summed E-state index contributed by atoms with van der Waals surface area (Å²) in [5.74, 6) is -2.71. The monoisotopic (exact) mass is 400 g/mol. The van der Waals surface area contributed by atoms with Crippen molar-refractivity contribution in [1.29, 1.82) is 0 Å². The van der Waals surface area contributed by atoms with Crippen LogP contribution in [0.15, 0.2) is 34.9 Å². The van der Waals surface area contributed by atoms with Crippen molar-refractivity contribution in [2.75, 3.05) is 11.1 Å². The fourth-order valence-corrected chi connectivity index (χ4v) is 2.61. The number of fused-ring (bicyclic) bond motifs is 1. The fraction of sp³-hybridized carbons (Fsp3) is 0.176. The lowest BCUT2D eigenvalue weighted by Crippen LogP contribution is -2.40. The summed E-state index contributed by atoms with van der Waals surface area (Å²) in [7, 11) is 0. The van der Waals surface area contributed by atoms with E-state index in [1.54, 1.807) is 5.32 Å². The van der Waals surface area contributed by atoms with Gasteiger partial charge in [0.1, 0.15) is 17.4 Å². The summed E-state index contributed by atoms with van der Waals surface area (Å²) in [6.45, 7) is 1.21. The molecule has 4 N–H and O–H groups in total. The average Bonchev–Trinajstić information content (AvgIpc) is 2.91. The van der Waals surface area contributed by atoms with Crippen LogP contribution in [0.4, 0.5) is 38.3 Å². The van der Waals surface area contributed by atoms with E-state index >= 15 is 0 Å². The molecule has 148 valence electrons. The number of pyridine rings is 1. The van der Waals surface area contributed by atoms with E-state index in [0.29, 0.717) is 6.07 Å². The second kappa shape index (κ2) is 6.98. The van der Waals surface area contributed by atoms with Crippen molar-refractivity contribution < 1.29 is 31.2 Å². The topological polar surface area (TPSA) is 93.2 Å². The molecule has 6 nitrogen and oxygen atoms in total. The summed E-state index contributed by atoms with van der Waals surface area (Å²) in [4.78, 5) is 15.7. The van der Waals surface area contributed by atoms with Crippen LogP contribution < -0.4 is 16.4 Å². The Hall–Kier alpha value is -3.37. The number of furan rings is 1. The highest BCUT2D eigenvalue weighted by Gasteiger charge is 2.45. The summed E-state index contributed by atoms with van der Waals surface area (Å²) >= 11 is 0. The normalized spacial score (nSPS) is 12.8. The molecule has 0 saturated carbocycles. The van der Waals surface area contributed by atoms with Gasteiger partial charge in [-0.2, -0.15) is 13.2 Å². The van der Waals surface area contributed by atoms with Crippen LogP contribution in [0.1, 0.15) is 17.4 Å². The Morgan fingerprint density at radius 3 is 2.57 bits per heavy atom. The molecular weight excluding hydrogens is 387 g/mol. The largest absolute Gasteiger partial charge is 0.455 e. The number of benzene rings is 1. The second-order valence-corrected chi connectivity index (χ2v) is 5.90. The molecule has 0 fully saturated rings. The Kier molecular flexibility index (Phi) is 4.84. The van der Waals surface area contributed by atoms with Crippen molar-refractivity contribution in [2.45, 2.75) is 19.1 Å². The number of carbonyl (C=O) groups excluding carboxylic acids is 1. The van der Waals surface area contributed by atoms with E-state index in [1.807, 2.05) is 0 Å². The molecule has 0 unspecified atom stereocenters. The third-order valence-electron chi connectivity index (χ3n) is 3.90. The van der Waals surface area contributed by atoms with Crippen LogP contribution >= 0.6 is 0 Å². The molecule has 28 heavy (non-hydrogen) atoms. The zero-order valence-corrected chi connectivity index (χ0v) is 14.2. The Balaban J connectivity index is 1.94. The summed E-state index contributed by atoms with van der Waals surface area (Å²) in [5, 5.41) is 3.74. The van der Waals surface area contributed by atoms with Crippen molar-refractivity contribution in [3.63, 3.8) is 0 Å². The first kappa shape index (κ1) is 19.4. The lowest BCUT2D eigenvalue weighted by Gasteiger charge is -2.20. The smallest absolute Gasteiger partial charge is 0.416 e. The number of rotatable bonds is 3. The number of nitrogen functional groups attached to an aromatic ring is 1. The number of carbonyl (C=O) groups is 1. The van der Waals surface area contributed by atoms with Gasteiger partial charge in [0, 0.05) is 17.0 Å². The highest BCUT2D eigenvalue weighted by molar-refractivity contribution is 5.90. The van der Waals surface area contributed by atoms with Gasteiger partial charge in [0.15, 0.2) is 17.4 Å². The van der Waals surface area contributed by atoms with Crippen LogP contribution in [0.5, 0.6) is 0 Å². The molecule has 2 aromatic heterocycles. The Bertz CT molecular complexity index is 1030. The maximum absolute atomic E-state index is 13.9. The van der Waals surface area contributed by atoms with Crippen LogP contribution in [-0.2, 0) is 0 Å². The molecule has 3 rings (SSSR count). The number of aromatic nitrogens is 1. The van der Waals surface area contributed by atoms with Gasteiger partial charge in [0.25, 0.3) is 0 Å². The molecule has 11 heteroatoms. The summed E-state index contributed by atoms with van der Waals surface area (Å²) in [6, 6.07) is 0.233. The van der Waals surface area contributed by atoms with Crippen LogP contribution in [0.3, 0.4) is 0 Å². The van der Waals surface area contributed by atoms with Gasteiger partial charge >= 0.3 is 12.2 Å². The maximum Gasteiger partial charge on any atom is 0.416 e. The van der Waals surface area contributed by atoms with Crippen molar-refractivity contribution in [3.05, 3.63) is 53.4 Å². The van der Waals surface area contributed by atoms with Crippen LogP contribution in [0.25, 0.3) is 11.0 Å². The number of hydrogen-bond acceptors (Lipinski definition) is 4. The Morgan fingerprint density at radius 1 is 1.25 bits per heavy atom. The van der Waals surface area contributed by atoms with Gasteiger partial charge in [-0.15, -0.1) is 0 Å². The molecule has 3 aromatic rings. The van der Waals surface area contributed by atoms with Crippen molar-refractivity contribution in [3.8, 4) is 0 Å². The van der Waals surface area contributed by atoms with E-state index in [9.17, 15) is 26.7 Å². The molecular formula is C17H13F5N4O2. The molecule has 0 bridgehead atoms. The van der Waals surface area contributed by atoms with Crippen LogP contribution in [0.2, 0.25) is 0 Å². The minimum atomic E-state index is -4.97. The van der Waals surface area contributed by atoms with E-state index in [4.69, 9.17) is 10.2 Å². The van der Waals surface area contributed by atoms with Gasteiger partial charge in [0.05, 0.1) is 11.9 Å².